The van der Waals surface area contributed by atoms with E-state index in [-0.39, 0.29) is 5.78 Å². The highest BCUT2D eigenvalue weighted by atomic mass is 16.5. The maximum atomic E-state index is 13.1. The van der Waals surface area contributed by atoms with Crippen LogP contribution in [0.5, 0.6) is 5.75 Å². The van der Waals surface area contributed by atoms with E-state index in [1.807, 2.05) is 30.5 Å². The lowest BCUT2D eigenvalue weighted by Crippen LogP contribution is -2.42. The molecule has 2 aromatic rings. The number of aryl methyl sites for hydroxylation is 1. The Hall–Kier alpha value is -2.73. The molecule has 4 rings (SSSR count). The number of Topliss-reactive ketones (excluding diaryl/α,β-unsaturated/α-hetero) is 1. The molecule has 158 valence electrons. The summed E-state index contributed by atoms with van der Waals surface area (Å²) in [6.07, 6.45) is 5.12. The predicted molar refractivity (Wildman–Crippen MR) is 121 cm³/mol. The van der Waals surface area contributed by atoms with Gasteiger partial charge in [0.25, 0.3) is 0 Å². The van der Waals surface area contributed by atoms with Crippen molar-refractivity contribution < 1.29 is 9.53 Å². The molecular formula is C24H30N4O2. The maximum Gasteiger partial charge on any atom is 0.171 e. The highest BCUT2D eigenvalue weighted by Gasteiger charge is 2.28. The highest BCUT2D eigenvalue weighted by molar-refractivity contribution is 6.22. The van der Waals surface area contributed by atoms with Crippen molar-refractivity contribution >= 4 is 23.0 Å². The van der Waals surface area contributed by atoms with E-state index in [9.17, 15) is 4.79 Å². The standard InChI is InChI=1S/C24H30N4O2/c1-5-16-13-18(30-4)14-21-23(16)22(29)15-20(26-21)19-7-6-10-25-24(19)28-11-8-17(9-12-28)27(2)3/h6-7,10,13-14,17H,5,8-9,11-12,15H2,1-4H3. The number of anilines is 1. The van der Waals surface area contributed by atoms with Crippen molar-refractivity contribution in [2.24, 2.45) is 4.99 Å². The number of hydrogen-bond acceptors (Lipinski definition) is 6. The summed E-state index contributed by atoms with van der Waals surface area (Å²) in [7, 11) is 5.93. The summed E-state index contributed by atoms with van der Waals surface area (Å²) < 4.78 is 5.44. The topological polar surface area (TPSA) is 58.0 Å². The number of rotatable bonds is 5. The molecule has 0 spiro atoms. The lowest BCUT2D eigenvalue weighted by molar-refractivity contribution is 0.0999. The van der Waals surface area contributed by atoms with E-state index >= 15 is 0 Å². The van der Waals surface area contributed by atoms with Gasteiger partial charge >= 0.3 is 0 Å². The normalized spacial score (nSPS) is 17.2. The van der Waals surface area contributed by atoms with Crippen molar-refractivity contribution in [3.8, 4) is 5.75 Å². The van der Waals surface area contributed by atoms with Crippen LogP contribution in [-0.4, -0.2) is 61.7 Å². The molecule has 1 saturated heterocycles. The average molecular weight is 407 g/mol. The van der Waals surface area contributed by atoms with Crippen LogP contribution in [0.2, 0.25) is 0 Å². The molecule has 6 heteroatoms. The first kappa shape index (κ1) is 20.5. The SMILES string of the molecule is CCc1cc(OC)cc2c1C(=O)CC(c1cccnc1N1CCC(N(C)C)CC1)=N2. The zero-order chi connectivity index (χ0) is 21.3. The molecule has 30 heavy (non-hydrogen) atoms. The van der Waals surface area contributed by atoms with Crippen molar-refractivity contribution in [2.75, 3.05) is 39.2 Å². The second-order valence-electron chi connectivity index (χ2n) is 8.25. The van der Waals surface area contributed by atoms with Crippen LogP contribution >= 0.6 is 0 Å². The van der Waals surface area contributed by atoms with Gasteiger partial charge in [-0.1, -0.05) is 6.92 Å². The number of ether oxygens (including phenoxy) is 1. The van der Waals surface area contributed by atoms with E-state index in [1.54, 1.807) is 7.11 Å². The molecule has 1 aromatic carbocycles. The fourth-order valence-electron chi connectivity index (χ4n) is 4.51. The zero-order valence-corrected chi connectivity index (χ0v) is 18.3. The van der Waals surface area contributed by atoms with Crippen molar-refractivity contribution in [1.29, 1.82) is 0 Å². The number of fused-ring (bicyclic) bond motifs is 1. The fourth-order valence-corrected chi connectivity index (χ4v) is 4.51. The zero-order valence-electron chi connectivity index (χ0n) is 18.3. The van der Waals surface area contributed by atoms with Gasteiger partial charge in [0, 0.05) is 42.5 Å². The molecule has 0 amide bonds. The van der Waals surface area contributed by atoms with Gasteiger partial charge in [0.2, 0.25) is 0 Å². The number of piperidine rings is 1. The second-order valence-corrected chi connectivity index (χ2v) is 8.25. The molecule has 3 heterocycles. The van der Waals surface area contributed by atoms with Gasteiger partial charge in [-0.05, 0) is 57.1 Å². The van der Waals surface area contributed by atoms with Gasteiger partial charge in [-0.3, -0.25) is 9.79 Å². The number of hydrogen-bond donors (Lipinski definition) is 0. The van der Waals surface area contributed by atoms with Gasteiger partial charge in [0.05, 0.1) is 24.9 Å². The Morgan fingerprint density at radius 1 is 1.23 bits per heavy atom. The number of carbonyl (C=O) groups excluding carboxylic acids is 1. The Labute approximate surface area is 178 Å². The second kappa shape index (κ2) is 8.56. The van der Waals surface area contributed by atoms with Gasteiger partial charge in [-0.25, -0.2) is 4.98 Å². The molecule has 1 aromatic heterocycles. The number of aromatic nitrogens is 1. The van der Waals surface area contributed by atoms with Crippen molar-refractivity contribution in [1.82, 2.24) is 9.88 Å². The van der Waals surface area contributed by atoms with E-state index in [4.69, 9.17) is 14.7 Å². The highest BCUT2D eigenvalue weighted by Crippen LogP contribution is 2.36. The summed E-state index contributed by atoms with van der Waals surface area (Å²) in [5.41, 5.74) is 4.19. The number of benzene rings is 1. The van der Waals surface area contributed by atoms with Gasteiger partial charge < -0.3 is 14.5 Å². The van der Waals surface area contributed by atoms with Crippen LogP contribution in [0.3, 0.4) is 0 Å². The Morgan fingerprint density at radius 2 is 2.00 bits per heavy atom. The third-order valence-electron chi connectivity index (χ3n) is 6.24. The van der Waals surface area contributed by atoms with E-state index in [2.05, 4.69) is 30.8 Å². The van der Waals surface area contributed by atoms with Crippen LogP contribution in [0.25, 0.3) is 0 Å². The number of ketones is 1. The minimum absolute atomic E-state index is 0.121. The largest absolute Gasteiger partial charge is 0.497 e. The van der Waals surface area contributed by atoms with Gasteiger partial charge in [0.1, 0.15) is 11.6 Å². The number of pyridine rings is 1. The van der Waals surface area contributed by atoms with Crippen molar-refractivity contribution in [2.45, 2.75) is 38.6 Å². The molecule has 6 nitrogen and oxygen atoms in total. The molecule has 0 bridgehead atoms. The summed E-state index contributed by atoms with van der Waals surface area (Å²) >= 11 is 0. The molecule has 0 N–H and O–H groups in total. The first-order chi connectivity index (χ1) is 14.5. The first-order valence-electron chi connectivity index (χ1n) is 10.7. The Balaban J connectivity index is 1.71. The molecule has 1 fully saturated rings. The molecule has 0 radical (unpaired) electrons. The summed E-state index contributed by atoms with van der Waals surface area (Å²) in [6.45, 7) is 3.97. The number of aliphatic imine (C=N–C) groups is 1. The number of nitrogens with zero attached hydrogens (tertiary/aromatic N) is 4. The lowest BCUT2D eigenvalue weighted by Gasteiger charge is -2.36. The van der Waals surface area contributed by atoms with Crippen LogP contribution in [-0.2, 0) is 6.42 Å². The molecule has 2 aliphatic heterocycles. The van der Waals surface area contributed by atoms with Crippen LogP contribution < -0.4 is 9.64 Å². The first-order valence-corrected chi connectivity index (χ1v) is 10.7. The fraction of sp³-hybridized carbons (Fsp3) is 0.458. The third-order valence-corrected chi connectivity index (χ3v) is 6.24. The van der Waals surface area contributed by atoms with E-state index in [0.717, 1.165) is 66.3 Å². The van der Waals surface area contributed by atoms with Crippen LogP contribution in [0.15, 0.2) is 35.5 Å². The van der Waals surface area contributed by atoms with E-state index in [1.165, 1.54) is 0 Å². The summed E-state index contributed by atoms with van der Waals surface area (Å²) in [6, 6.07) is 8.38. The average Bonchev–Trinajstić information content (AvgIpc) is 2.78. The van der Waals surface area contributed by atoms with Gasteiger partial charge in [-0.15, -0.1) is 0 Å². The Bertz CT molecular complexity index is 975. The summed E-state index contributed by atoms with van der Waals surface area (Å²) in [5, 5.41) is 0. The minimum Gasteiger partial charge on any atom is -0.497 e. The molecule has 2 aliphatic rings. The Morgan fingerprint density at radius 3 is 2.67 bits per heavy atom. The van der Waals surface area contributed by atoms with Gasteiger partial charge in [0.15, 0.2) is 5.78 Å². The van der Waals surface area contributed by atoms with Crippen LogP contribution in [0.1, 0.15) is 47.7 Å². The smallest absolute Gasteiger partial charge is 0.171 e. The quantitative estimate of drug-likeness (QED) is 0.754. The third kappa shape index (κ3) is 3.84. The molecule has 0 saturated carbocycles. The maximum absolute atomic E-state index is 13.1. The monoisotopic (exact) mass is 406 g/mol. The minimum atomic E-state index is 0.121. The summed E-state index contributed by atoms with van der Waals surface area (Å²) in [4.78, 5) is 27.3. The van der Waals surface area contributed by atoms with E-state index < -0.39 is 0 Å². The van der Waals surface area contributed by atoms with Crippen LogP contribution in [0.4, 0.5) is 11.5 Å². The number of methoxy groups -OCH3 is 1. The van der Waals surface area contributed by atoms with Crippen molar-refractivity contribution in [3.63, 3.8) is 0 Å². The summed E-state index contributed by atoms with van der Waals surface area (Å²) in [5.74, 6) is 1.79. The lowest BCUT2D eigenvalue weighted by atomic mass is 9.91. The van der Waals surface area contributed by atoms with Crippen molar-refractivity contribution in [3.05, 3.63) is 47.2 Å². The molecule has 0 aliphatic carbocycles. The molecule has 0 atom stereocenters. The van der Waals surface area contributed by atoms with Gasteiger partial charge in [-0.2, -0.15) is 0 Å². The van der Waals surface area contributed by atoms with Crippen LogP contribution in [0, 0.1) is 0 Å². The Kier molecular flexibility index (Phi) is 5.86. The number of carbonyl (C=O) groups is 1. The van der Waals surface area contributed by atoms with E-state index in [0.29, 0.717) is 18.2 Å². The molecular weight excluding hydrogens is 376 g/mol. The predicted octanol–water partition coefficient (Wildman–Crippen LogP) is 3.89. The molecule has 0 unspecified atom stereocenters.